The van der Waals surface area contributed by atoms with Gasteiger partial charge in [-0.25, -0.2) is 0 Å². The van der Waals surface area contributed by atoms with Crippen molar-refractivity contribution in [3.63, 3.8) is 0 Å². The van der Waals surface area contributed by atoms with E-state index in [2.05, 4.69) is 39.0 Å². The van der Waals surface area contributed by atoms with Gasteiger partial charge < -0.3 is 0 Å². The third kappa shape index (κ3) is 3.16. The van der Waals surface area contributed by atoms with Crippen LogP contribution in [0.1, 0.15) is 30.9 Å². The normalized spacial score (nSPS) is 9.45. The van der Waals surface area contributed by atoms with Crippen LogP contribution in [0.2, 0.25) is 0 Å². The Balaban J connectivity index is 0.000001000. The third-order valence-electron chi connectivity index (χ3n) is 1.61. The molecule has 0 unspecified atom stereocenters. The van der Waals surface area contributed by atoms with E-state index in [1.807, 2.05) is 6.07 Å². The van der Waals surface area contributed by atoms with Crippen molar-refractivity contribution < 1.29 is 19.5 Å². The van der Waals surface area contributed by atoms with Gasteiger partial charge in [0.05, 0.1) is 0 Å². The van der Waals surface area contributed by atoms with E-state index in [9.17, 15) is 0 Å². The number of benzene rings is 1. The van der Waals surface area contributed by atoms with Gasteiger partial charge in [-0.2, -0.15) is 35.4 Å². The Morgan fingerprint density at radius 1 is 1.27 bits per heavy atom. The van der Waals surface area contributed by atoms with Gasteiger partial charge in [-0.3, -0.25) is 0 Å². The quantitative estimate of drug-likeness (QED) is 0.519. The molecule has 0 fully saturated rings. The largest absolute Gasteiger partial charge is 0.180 e. The van der Waals surface area contributed by atoms with Gasteiger partial charge >= 0.3 is 0 Å². The SMILES string of the molecule is Cc1c[c-]c(C(C)C)cc1.[Rh]. The fourth-order valence-electron chi connectivity index (χ4n) is 0.874. The average Bonchev–Trinajstić information content (AvgIpc) is 1.88. The van der Waals surface area contributed by atoms with Gasteiger partial charge in [0.15, 0.2) is 0 Å². The summed E-state index contributed by atoms with van der Waals surface area (Å²) in [5.74, 6) is 0.598. The monoisotopic (exact) mass is 236 g/mol. The second kappa shape index (κ2) is 4.67. The molecule has 0 saturated carbocycles. The number of rotatable bonds is 1. The van der Waals surface area contributed by atoms with Crippen molar-refractivity contribution in [1.82, 2.24) is 0 Å². The van der Waals surface area contributed by atoms with Crippen molar-refractivity contribution in [2.75, 3.05) is 0 Å². The summed E-state index contributed by atoms with van der Waals surface area (Å²) in [6, 6.07) is 9.54. The summed E-state index contributed by atoms with van der Waals surface area (Å²) in [5.41, 5.74) is 2.58. The van der Waals surface area contributed by atoms with Crippen molar-refractivity contribution in [2.45, 2.75) is 26.7 Å². The topological polar surface area (TPSA) is 0 Å². The molecular formula is C10H13Rh-. The molecule has 1 rings (SSSR count). The van der Waals surface area contributed by atoms with Gasteiger partial charge in [0, 0.05) is 19.5 Å². The standard InChI is InChI=1S/C10H13.Rh/c1-8(2)10-6-4-9(3)5-7-10;/h4-6,8H,1-3H3;/q-1;. The summed E-state index contributed by atoms with van der Waals surface area (Å²) in [4.78, 5) is 0. The molecule has 0 aliphatic carbocycles. The predicted molar refractivity (Wildman–Crippen MR) is 44.1 cm³/mol. The van der Waals surface area contributed by atoms with Gasteiger partial charge in [-0.15, -0.1) is 0 Å². The molecule has 0 N–H and O–H groups in total. The predicted octanol–water partition coefficient (Wildman–Crippen LogP) is 2.92. The van der Waals surface area contributed by atoms with Crippen LogP contribution in [0, 0.1) is 13.0 Å². The van der Waals surface area contributed by atoms with Gasteiger partial charge in [-0.05, 0) is 5.92 Å². The maximum Gasteiger partial charge on any atom is 0 e. The molecule has 0 amide bonds. The Morgan fingerprint density at radius 2 is 1.91 bits per heavy atom. The van der Waals surface area contributed by atoms with Crippen LogP contribution in [-0.4, -0.2) is 0 Å². The molecule has 0 bridgehead atoms. The van der Waals surface area contributed by atoms with Crippen LogP contribution in [0.3, 0.4) is 0 Å². The van der Waals surface area contributed by atoms with E-state index in [1.54, 1.807) is 0 Å². The minimum atomic E-state index is 0. The average molecular weight is 236 g/mol. The molecule has 1 radical (unpaired) electrons. The first-order valence-corrected chi connectivity index (χ1v) is 3.68. The molecule has 1 heteroatoms. The summed E-state index contributed by atoms with van der Waals surface area (Å²) in [6.45, 7) is 6.45. The molecule has 0 saturated heterocycles. The van der Waals surface area contributed by atoms with Crippen LogP contribution in [0.25, 0.3) is 0 Å². The van der Waals surface area contributed by atoms with Crippen molar-refractivity contribution in [3.05, 3.63) is 35.4 Å². The Morgan fingerprint density at radius 3 is 2.27 bits per heavy atom. The summed E-state index contributed by atoms with van der Waals surface area (Å²) in [6.07, 6.45) is 0. The number of aryl methyl sites for hydroxylation is 1. The second-order valence-corrected chi connectivity index (χ2v) is 2.98. The molecule has 11 heavy (non-hydrogen) atoms. The fourth-order valence-corrected chi connectivity index (χ4v) is 0.874. The van der Waals surface area contributed by atoms with Crippen LogP contribution >= 0.6 is 0 Å². The van der Waals surface area contributed by atoms with Gasteiger partial charge in [0.25, 0.3) is 0 Å². The van der Waals surface area contributed by atoms with E-state index >= 15 is 0 Å². The van der Waals surface area contributed by atoms with E-state index in [4.69, 9.17) is 0 Å². The Bertz CT molecular complexity index is 199. The first-order valence-electron chi connectivity index (χ1n) is 3.68. The molecule has 0 heterocycles. The van der Waals surface area contributed by atoms with E-state index in [1.165, 1.54) is 11.1 Å². The zero-order chi connectivity index (χ0) is 7.56. The molecule has 0 aromatic heterocycles. The van der Waals surface area contributed by atoms with Crippen LogP contribution < -0.4 is 0 Å². The minimum absolute atomic E-state index is 0. The first-order chi connectivity index (χ1) is 4.70. The first kappa shape index (κ1) is 10.8. The van der Waals surface area contributed by atoms with E-state index in [0.717, 1.165) is 0 Å². The maximum atomic E-state index is 3.24. The maximum absolute atomic E-state index is 3.24. The van der Waals surface area contributed by atoms with Gasteiger partial charge in [-0.1, -0.05) is 20.8 Å². The second-order valence-electron chi connectivity index (χ2n) is 2.98. The molecule has 1 aromatic rings. The van der Waals surface area contributed by atoms with Crippen LogP contribution in [0.5, 0.6) is 0 Å². The van der Waals surface area contributed by atoms with Crippen molar-refractivity contribution in [3.8, 4) is 0 Å². The van der Waals surface area contributed by atoms with Crippen molar-refractivity contribution in [2.24, 2.45) is 0 Å². The number of hydrogen-bond acceptors (Lipinski definition) is 0. The smallest absolute Gasteiger partial charge is 0 e. The Kier molecular flexibility index (Phi) is 4.60. The molecule has 1 aromatic carbocycles. The molecule has 0 spiro atoms. The third-order valence-corrected chi connectivity index (χ3v) is 1.61. The zero-order valence-corrected chi connectivity index (χ0v) is 8.78. The van der Waals surface area contributed by atoms with Gasteiger partial charge in [0.1, 0.15) is 0 Å². The van der Waals surface area contributed by atoms with Crippen molar-refractivity contribution in [1.29, 1.82) is 0 Å². The Labute approximate surface area is 81.8 Å². The summed E-state index contributed by atoms with van der Waals surface area (Å²) in [7, 11) is 0. The summed E-state index contributed by atoms with van der Waals surface area (Å²) < 4.78 is 0. The Hall–Kier alpha value is -0.157. The van der Waals surface area contributed by atoms with Crippen molar-refractivity contribution >= 4 is 0 Å². The molecule has 0 aliphatic heterocycles. The minimum Gasteiger partial charge on any atom is -0.180 e. The van der Waals surface area contributed by atoms with E-state index in [0.29, 0.717) is 5.92 Å². The number of hydrogen-bond donors (Lipinski definition) is 0. The molecule has 0 aliphatic rings. The molecule has 0 nitrogen and oxygen atoms in total. The summed E-state index contributed by atoms with van der Waals surface area (Å²) in [5, 5.41) is 0. The molecule has 63 valence electrons. The molecular weight excluding hydrogens is 223 g/mol. The zero-order valence-electron chi connectivity index (χ0n) is 7.14. The molecule has 0 atom stereocenters. The van der Waals surface area contributed by atoms with Gasteiger partial charge in [0.2, 0.25) is 0 Å². The van der Waals surface area contributed by atoms with Crippen LogP contribution in [0.4, 0.5) is 0 Å². The van der Waals surface area contributed by atoms with Crippen LogP contribution in [0.15, 0.2) is 18.2 Å². The van der Waals surface area contributed by atoms with E-state index < -0.39 is 0 Å². The summed E-state index contributed by atoms with van der Waals surface area (Å²) >= 11 is 0. The fraction of sp³-hybridized carbons (Fsp3) is 0.400. The van der Waals surface area contributed by atoms with E-state index in [-0.39, 0.29) is 19.5 Å². The van der Waals surface area contributed by atoms with Crippen LogP contribution in [-0.2, 0) is 19.5 Å².